The van der Waals surface area contributed by atoms with Gasteiger partial charge in [0.25, 0.3) is 5.91 Å². The van der Waals surface area contributed by atoms with Gasteiger partial charge in [0.15, 0.2) is 0 Å². The quantitative estimate of drug-likeness (QED) is 0.615. The third-order valence-corrected chi connectivity index (χ3v) is 6.94. The number of hydrogen-bond acceptors (Lipinski definition) is 7. The van der Waals surface area contributed by atoms with Crippen LogP contribution in [-0.2, 0) is 24.3 Å². The normalized spacial score (nSPS) is 18.3. The van der Waals surface area contributed by atoms with Crippen molar-refractivity contribution < 1.29 is 27.9 Å². The molecule has 10 heteroatoms. The van der Waals surface area contributed by atoms with E-state index in [0.29, 0.717) is 18.8 Å². The van der Waals surface area contributed by atoms with Crippen molar-refractivity contribution in [2.45, 2.75) is 24.2 Å². The zero-order chi connectivity index (χ0) is 21.0. The van der Waals surface area contributed by atoms with E-state index in [9.17, 15) is 18.0 Å². The van der Waals surface area contributed by atoms with Gasteiger partial charge < -0.3 is 20.1 Å². The molecule has 0 bridgehead atoms. The molecule has 0 radical (unpaired) electrons. The number of anilines is 1. The summed E-state index contributed by atoms with van der Waals surface area (Å²) in [5.74, 6) is -1.06. The number of piperidine rings is 1. The van der Waals surface area contributed by atoms with Gasteiger partial charge in [0.2, 0.25) is 10.0 Å². The van der Waals surface area contributed by atoms with Gasteiger partial charge in [-0.25, -0.2) is 13.2 Å². The summed E-state index contributed by atoms with van der Waals surface area (Å²) in [5, 5.41) is 12.0. The Morgan fingerprint density at radius 1 is 1.17 bits per heavy atom. The first-order valence-corrected chi connectivity index (χ1v) is 10.9. The number of amides is 1. The highest BCUT2D eigenvalue weighted by Crippen LogP contribution is 2.25. The predicted octanol–water partition coefficient (Wildman–Crippen LogP) is 0.535. The Kier molecular flexibility index (Phi) is 6.56. The number of β-amino-alcohol motifs (C(OH)–C–C–N with tert-alkyl or cyclic N) is 1. The van der Waals surface area contributed by atoms with Crippen LogP contribution in [0.5, 0.6) is 0 Å². The summed E-state index contributed by atoms with van der Waals surface area (Å²) in [5.41, 5.74) is 0.700. The Morgan fingerprint density at radius 3 is 2.41 bits per heavy atom. The summed E-state index contributed by atoms with van der Waals surface area (Å²) in [7, 11) is -2.32. The molecule has 3 rings (SSSR count). The van der Waals surface area contributed by atoms with Crippen LogP contribution in [0.15, 0.2) is 40.4 Å². The van der Waals surface area contributed by atoms with Crippen molar-refractivity contribution in [2.75, 3.05) is 45.2 Å². The molecule has 1 aromatic carbocycles. The molecule has 29 heavy (non-hydrogen) atoms. The van der Waals surface area contributed by atoms with Gasteiger partial charge in [-0.1, -0.05) is 6.42 Å². The van der Waals surface area contributed by atoms with E-state index in [1.54, 1.807) is 12.1 Å². The molecule has 2 aliphatic rings. The van der Waals surface area contributed by atoms with E-state index >= 15 is 0 Å². The number of carbonyl (C=O) groups is 2. The largest absolute Gasteiger partial charge is 0.466 e. The third kappa shape index (κ3) is 4.44. The SMILES string of the molecule is COC(=O)C1=C(Nc2ccc(S(=O)(=O)N3CCCCC3)cc2)C(=O)N(CCO)C1. The van der Waals surface area contributed by atoms with E-state index in [1.807, 2.05) is 0 Å². The monoisotopic (exact) mass is 423 g/mol. The Hall–Kier alpha value is -2.43. The number of esters is 1. The minimum Gasteiger partial charge on any atom is -0.466 e. The van der Waals surface area contributed by atoms with Crippen molar-refractivity contribution in [3.8, 4) is 0 Å². The fourth-order valence-corrected chi connectivity index (χ4v) is 4.97. The molecule has 2 heterocycles. The molecule has 0 saturated carbocycles. The number of benzene rings is 1. The molecule has 158 valence electrons. The lowest BCUT2D eigenvalue weighted by Crippen LogP contribution is -2.35. The van der Waals surface area contributed by atoms with E-state index in [0.717, 1.165) is 19.3 Å². The van der Waals surface area contributed by atoms with Gasteiger partial charge >= 0.3 is 5.97 Å². The average molecular weight is 423 g/mol. The van der Waals surface area contributed by atoms with Crippen molar-refractivity contribution in [2.24, 2.45) is 0 Å². The van der Waals surface area contributed by atoms with Crippen LogP contribution in [0.25, 0.3) is 0 Å². The van der Waals surface area contributed by atoms with Gasteiger partial charge in [0, 0.05) is 25.3 Å². The Labute approximate surface area is 170 Å². The zero-order valence-electron chi connectivity index (χ0n) is 16.3. The van der Waals surface area contributed by atoms with Gasteiger partial charge in [0.05, 0.1) is 30.7 Å². The van der Waals surface area contributed by atoms with Gasteiger partial charge in [-0.2, -0.15) is 4.31 Å². The highest BCUT2D eigenvalue weighted by Gasteiger charge is 2.34. The fraction of sp³-hybridized carbons (Fsp3) is 0.474. The molecule has 1 saturated heterocycles. The summed E-state index contributed by atoms with van der Waals surface area (Å²) in [6, 6.07) is 6.08. The smallest absolute Gasteiger partial charge is 0.337 e. The van der Waals surface area contributed by atoms with Crippen molar-refractivity contribution >= 4 is 27.6 Å². The van der Waals surface area contributed by atoms with E-state index < -0.39 is 21.9 Å². The van der Waals surface area contributed by atoms with Crippen LogP contribution in [0.2, 0.25) is 0 Å². The molecule has 9 nitrogen and oxygen atoms in total. The summed E-state index contributed by atoms with van der Waals surface area (Å²) >= 11 is 0. The molecular formula is C19H25N3O6S. The number of carbonyl (C=O) groups excluding carboxylic acids is 2. The first-order chi connectivity index (χ1) is 13.9. The number of aliphatic hydroxyl groups is 1. The van der Waals surface area contributed by atoms with Crippen LogP contribution in [0.1, 0.15) is 19.3 Å². The van der Waals surface area contributed by atoms with Crippen LogP contribution in [0.3, 0.4) is 0 Å². The van der Waals surface area contributed by atoms with Gasteiger partial charge in [-0.3, -0.25) is 4.79 Å². The van der Waals surface area contributed by atoms with Gasteiger partial charge in [-0.15, -0.1) is 0 Å². The van der Waals surface area contributed by atoms with Crippen LogP contribution in [-0.4, -0.2) is 74.5 Å². The third-order valence-electron chi connectivity index (χ3n) is 5.03. The number of aliphatic hydroxyl groups excluding tert-OH is 1. The summed E-state index contributed by atoms with van der Waals surface area (Å²) < 4.78 is 31.7. The minimum atomic E-state index is -3.54. The maximum Gasteiger partial charge on any atom is 0.337 e. The topological polar surface area (TPSA) is 116 Å². The van der Waals surface area contributed by atoms with Crippen LogP contribution >= 0.6 is 0 Å². The number of ether oxygens (including phenoxy) is 1. The summed E-state index contributed by atoms with van der Waals surface area (Å²) in [4.78, 5) is 26.1. The number of sulfonamides is 1. The number of rotatable bonds is 7. The molecule has 1 aromatic rings. The lowest BCUT2D eigenvalue weighted by Gasteiger charge is -2.25. The van der Waals surface area contributed by atoms with E-state index in [-0.39, 0.29) is 35.9 Å². The molecule has 0 atom stereocenters. The second kappa shape index (κ2) is 8.93. The summed E-state index contributed by atoms with van der Waals surface area (Å²) in [6.07, 6.45) is 2.75. The van der Waals surface area contributed by atoms with E-state index in [1.165, 1.54) is 28.4 Å². The molecule has 0 aromatic heterocycles. The molecular weight excluding hydrogens is 398 g/mol. The number of hydrogen-bond donors (Lipinski definition) is 2. The lowest BCUT2D eigenvalue weighted by atomic mass is 10.2. The van der Waals surface area contributed by atoms with Crippen LogP contribution < -0.4 is 5.32 Å². The second-order valence-electron chi connectivity index (χ2n) is 6.91. The Morgan fingerprint density at radius 2 is 1.83 bits per heavy atom. The molecule has 2 aliphatic heterocycles. The van der Waals surface area contributed by atoms with Crippen LogP contribution in [0, 0.1) is 0 Å². The second-order valence-corrected chi connectivity index (χ2v) is 8.85. The van der Waals surface area contributed by atoms with Gasteiger partial charge in [-0.05, 0) is 37.1 Å². The Bertz CT molecular complexity index is 904. The fourth-order valence-electron chi connectivity index (χ4n) is 3.46. The van der Waals surface area contributed by atoms with Crippen molar-refractivity contribution in [1.82, 2.24) is 9.21 Å². The predicted molar refractivity (Wildman–Crippen MR) is 105 cm³/mol. The maximum absolute atomic E-state index is 12.7. The highest BCUT2D eigenvalue weighted by atomic mass is 32.2. The molecule has 1 fully saturated rings. The molecule has 2 N–H and O–H groups in total. The highest BCUT2D eigenvalue weighted by molar-refractivity contribution is 7.89. The average Bonchev–Trinajstić information content (AvgIpc) is 3.04. The molecule has 0 unspecified atom stereocenters. The molecule has 0 aliphatic carbocycles. The minimum absolute atomic E-state index is 0.0375. The molecule has 1 amide bonds. The standard InChI is InChI=1S/C19H25N3O6S/c1-28-19(25)16-13-21(11-12-23)18(24)17(16)20-14-5-7-15(8-6-14)29(26,27)22-9-3-2-4-10-22/h5-8,20,23H,2-4,9-13H2,1H3. The first-order valence-electron chi connectivity index (χ1n) is 9.47. The zero-order valence-corrected chi connectivity index (χ0v) is 17.1. The van der Waals surface area contributed by atoms with Crippen molar-refractivity contribution in [3.05, 3.63) is 35.5 Å². The summed E-state index contributed by atoms with van der Waals surface area (Å²) in [6.45, 7) is 0.948. The van der Waals surface area contributed by atoms with Crippen LogP contribution in [0.4, 0.5) is 5.69 Å². The Balaban J connectivity index is 1.80. The number of nitrogens with zero attached hydrogens (tertiary/aromatic N) is 2. The van der Waals surface area contributed by atoms with E-state index in [2.05, 4.69) is 5.32 Å². The number of nitrogens with one attached hydrogen (secondary N) is 1. The van der Waals surface area contributed by atoms with Crippen molar-refractivity contribution in [3.63, 3.8) is 0 Å². The first kappa shape index (κ1) is 21.3. The lowest BCUT2D eigenvalue weighted by molar-refractivity contribution is -0.136. The van der Waals surface area contributed by atoms with Gasteiger partial charge in [0.1, 0.15) is 5.70 Å². The maximum atomic E-state index is 12.7. The van der Waals surface area contributed by atoms with E-state index in [4.69, 9.17) is 9.84 Å². The van der Waals surface area contributed by atoms with Crippen molar-refractivity contribution in [1.29, 1.82) is 0 Å². The number of methoxy groups -OCH3 is 1. The molecule has 0 spiro atoms.